The third kappa shape index (κ3) is 3.82. The van der Waals surface area contributed by atoms with Crippen molar-refractivity contribution >= 4 is 0 Å². The lowest BCUT2D eigenvalue weighted by atomic mass is 10.1. The number of hydrogen-bond acceptors (Lipinski definition) is 2. The first-order chi connectivity index (χ1) is 8.70. The Morgan fingerprint density at radius 3 is 2.44 bits per heavy atom. The molecule has 0 radical (unpaired) electrons. The second-order valence-corrected chi connectivity index (χ2v) is 5.60. The largest absolute Gasteiger partial charge is 0.310 e. The fourth-order valence-corrected chi connectivity index (χ4v) is 2.36. The summed E-state index contributed by atoms with van der Waals surface area (Å²) in [6, 6.07) is 10.2. The lowest BCUT2D eigenvalue weighted by Crippen LogP contribution is -2.27. The molecule has 0 spiro atoms. The second kappa shape index (κ2) is 6.35. The first-order valence-electron chi connectivity index (χ1n) is 7.25. The van der Waals surface area contributed by atoms with E-state index in [-0.39, 0.29) is 0 Å². The first-order valence-corrected chi connectivity index (χ1v) is 7.25. The highest BCUT2D eigenvalue weighted by molar-refractivity contribution is 5.27. The number of nitrogens with one attached hydrogen (secondary N) is 1. The molecule has 0 amide bonds. The highest BCUT2D eigenvalue weighted by atomic mass is 15.2. The molecule has 1 N–H and O–H groups in total. The summed E-state index contributed by atoms with van der Waals surface area (Å²) in [4.78, 5) is 2.61. The lowest BCUT2D eigenvalue weighted by Gasteiger charge is -2.22. The van der Waals surface area contributed by atoms with E-state index in [2.05, 4.69) is 55.3 Å². The predicted octanol–water partition coefficient (Wildman–Crippen LogP) is 3.17. The molecule has 0 aromatic heterocycles. The zero-order chi connectivity index (χ0) is 13.0. The molecule has 100 valence electrons. The summed E-state index contributed by atoms with van der Waals surface area (Å²) >= 11 is 0. The molecule has 0 atom stereocenters. The third-order valence-electron chi connectivity index (χ3n) is 3.66. The summed E-state index contributed by atoms with van der Waals surface area (Å²) in [5, 5.41) is 3.52. The van der Waals surface area contributed by atoms with Gasteiger partial charge in [0.2, 0.25) is 0 Å². The highest BCUT2D eigenvalue weighted by Gasteiger charge is 2.27. The van der Waals surface area contributed by atoms with Crippen LogP contribution in [0.25, 0.3) is 0 Å². The van der Waals surface area contributed by atoms with Crippen LogP contribution in [-0.2, 0) is 13.1 Å². The van der Waals surface area contributed by atoms with Crippen LogP contribution in [-0.4, -0.2) is 23.5 Å². The van der Waals surface area contributed by atoms with Gasteiger partial charge in [-0.05, 0) is 30.5 Å². The summed E-state index contributed by atoms with van der Waals surface area (Å²) in [6.45, 7) is 9.92. The van der Waals surface area contributed by atoms with Crippen molar-refractivity contribution in [3.05, 3.63) is 35.4 Å². The van der Waals surface area contributed by atoms with Gasteiger partial charge in [0.15, 0.2) is 0 Å². The molecular formula is C16H26N2. The van der Waals surface area contributed by atoms with Crippen molar-refractivity contribution in [1.29, 1.82) is 0 Å². The van der Waals surface area contributed by atoms with E-state index in [1.165, 1.54) is 24.0 Å². The quantitative estimate of drug-likeness (QED) is 0.795. The maximum absolute atomic E-state index is 3.52. The summed E-state index contributed by atoms with van der Waals surface area (Å²) in [5.41, 5.74) is 2.93. The molecule has 0 saturated heterocycles. The molecule has 1 aromatic rings. The van der Waals surface area contributed by atoms with Crippen molar-refractivity contribution in [2.75, 3.05) is 6.54 Å². The van der Waals surface area contributed by atoms with Crippen LogP contribution in [0.3, 0.4) is 0 Å². The third-order valence-corrected chi connectivity index (χ3v) is 3.66. The van der Waals surface area contributed by atoms with Crippen LogP contribution in [0.2, 0.25) is 0 Å². The van der Waals surface area contributed by atoms with Crippen LogP contribution in [0, 0.1) is 0 Å². The predicted molar refractivity (Wildman–Crippen MR) is 77.5 cm³/mol. The zero-order valence-electron chi connectivity index (χ0n) is 11.9. The second-order valence-electron chi connectivity index (χ2n) is 5.60. The Balaban J connectivity index is 2.01. The topological polar surface area (TPSA) is 15.3 Å². The molecule has 1 aromatic carbocycles. The Morgan fingerprint density at radius 2 is 1.89 bits per heavy atom. The van der Waals surface area contributed by atoms with Crippen molar-refractivity contribution in [3.8, 4) is 0 Å². The van der Waals surface area contributed by atoms with E-state index in [0.29, 0.717) is 6.04 Å². The van der Waals surface area contributed by atoms with Gasteiger partial charge in [-0.25, -0.2) is 0 Å². The Bertz CT molecular complexity index is 369. The number of hydrogen-bond donors (Lipinski definition) is 1. The molecular weight excluding hydrogens is 220 g/mol. The summed E-state index contributed by atoms with van der Waals surface area (Å²) < 4.78 is 0. The maximum atomic E-state index is 3.52. The Labute approximate surface area is 111 Å². The summed E-state index contributed by atoms with van der Waals surface area (Å²) in [7, 11) is 0. The van der Waals surface area contributed by atoms with Gasteiger partial charge < -0.3 is 5.32 Å². The van der Waals surface area contributed by atoms with Gasteiger partial charge in [0, 0.05) is 25.2 Å². The SMILES string of the molecule is CCN(Cc1ccccc1CNC(C)C)C1CC1. The van der Waals surface area contributed by atoms with Crippen LogP contribution < -0.4 is 5.32 Å². The van der Waals surface area contributed by atoms with Crippen molar-refractivity contribution in [3.63, 3.8) is 0 Å². The van der Waals surface area contributed by atoms with Crippen LogP contribution in [0.5, 0.6) is 0 Å². The van der Waals surface area contributed by atoms with Crippen molar-refractivity contribution < 1.29 is 0 Å². The van der Waals surface area contributed by atoms with Crippen LogP contribution in [0.1, 0.15) is 44.7 Å². The molecule has 2 rings (SSSR count). The van der Waals surface area contributed by atoms with Gasteiger partial charge in [-0.2, -0.15) is 0 Å². The van der Waals surface area contributed by atoms with Gasteiger partial charge in [-0.1, -0.05) is 45.0 Å². The molecule has 1 saturated carbocycles. The summed E-state index contributed by atoms with van der Waals surface area (Å²) in [5.74, 6) is 0. The van der Waals surface area contributed by atoms with E-state index in [1.54, 1.807) is 0 Å². The van der Waals surface area contributed by atoms with Crippen molar-refractivity contribution in [2.24, 2.45) is 0 Å². The van der Waals surface area contributed by atoms with E-state index in [1.807, 2.05) is 0 Å². The van der Waals surface area contributed by atoms with Gasteiger partial charge in [-0.15, -0.1) is 0 Å². The minimum atomic E-state index is 0.545. The Morgan fingerprint density at radius 1 is 1.22 bits per heavy atom. The van der Waals surface area contributed by atoms with Crippen LogP contribution in [0.4, 0.5) is 0 Å². The summed E-state index contributed by atoms with van der Waals surface area (Å²) in [6.07, 6.45) is 2.78. The standard InChI is InChI=1S/C16H26N2/c1-4-18(16-9-10-16)12-15-8-6-5-7-14(15)11-17-13(2)3/h5-8,13,16-17H,4,9-12H2,1-3H3. The van der Waals surface area contributed by atoms with Gasteiger partial charge in [0.05, 0.1) is 0 Å². The smallest absolute Gasteiger partial charge is 0.0239 e. The minimum Gasteiger partial charge on any atom is -0.310 e. The number of rotatable bonds is 7. The number of benzene rings is 1. The van der Waals surface area contributed by atoms with E-state index >= 15 is 0 Å². The average Bonchev–Trinajstić information content (AvgIpc) is 3.18. The zero-order valence-corrected chi connectivity index (χ0v) is 11.9. The molecule has 0 heterocycles. The van der Waals surface area contributed by atoms with Gasteiger partial charge in [-0.3, -0.25) is 4.90 Å². The maximum Gasteiger partial charge on any atom is 0.0239 e. The molecule has 1 aliphatic carbocycles. The molecule has 2 heteroatoms. The van der Waals surface area contributed by atoms with E-state index in [4.69, 9.17) is 0 Å². The molecule has 1 aliphatic rings. The first kappa shape index (κ1) is 13.6. The molecule has 0 unspecified atom stereocenters. The van der Waals surface area contributed by atoms with Gasteiger partial charge in [0.25, 0.3) is 0 Å². The average molecular weight is 246 g/mol. The monoisotopic (exact) mass is 246 g/mol. The number of nitrogens with zero attached hydrogens (tertiary/aromatic N) is 1. The van der Waals surface area contributed by atoms with E-state index in [0.717, 1.165) is 25.7 Å². The molecule has 2 nitrogen and oxygen atoms in total. The normalized spacial score (nSPS) is 15.6. The van der Waals surface area contributed by atoms with Gasteiger partial charge in [0.1, 0.15) is 0 Å². The van der Waals surface area contributed by atoms with Crippen molar-refractivity contribution in [1.82, 2.24) is 10.2 Å². The Hall–Kier alpha value is -0.860. The van der Waals surface area contributed by atoms with E-state index < -0.39 is 0 Å². The van der Waals surface area contributed by atoms with Crippen molar-refractivity contribution in [2.45, 2.75) is 58.8 Å². The van der Waals surface area contributed by atoms with Crippen LogP contribution in [0.15, 0.2) is 24.3 Å². The highest BCUT2D eigenvalue weighted by Crippen LogP contribution is 2.28. The molecule has 18 heavy (non-hydrogen) atoms. The molecule has 0 bridgehead atoms. The van der Waals surface area contributed by atoms with Crippen LogP contribution >= 0.6 is 0 Å². The molecule has 1 fully saturated rings. The fraction of sp³-hybridized carbons (Fsp3) is 0.625. The Kier molecular flexibility index (Phi) is 4.79. The lowest BCUT2D eigenvalue weighted by molar-refractivity contribution is 0.268. The van der Waals surface area contributed by atoms with E-state index in [9.17, 15) is 0 Å². The fourth-order valence-electron chi connectivity index (χ4n) is 2.36. The van der Waals surface area contributed by atoms with Gasteiger partial charge >= 0.3 is 0 Å². The minimum absolute atomic E-state index is 0.545. The molecule has 0 aliphatic heterocycles.